The quantitative estimate of drug-likeness (QED) is 0.869. The number of carbonyl (C=O) groups is 1. The molecule has 0 spiro atoms. The molecule has 0 amide bonds. The fourth-order valence-corrected chi connectivity index (χ4v) is 2.84. The molecule has 0 unspecified atom stereocenters. The fraction of sp³-hybridized carbons (Fsp3) is 0.389. The Morgan fingerprint density at radius 3 is 2.46 bits per heavy atom. The number of rotatable bonds is 4. The monoisotopic (exact) mass is 326 g/mol. The van der Waals surface area contributed by atoms with Crippen molar-refractivity contribution >= 4 is 23.3 Å². The summed E-state index contributed by atoms with van der Waals surface area (Å²) in [4.78, 5) is 22.5. The summed E-state index contributed by atoms with van der Waals surface area (Å²) in [5.74, 6) is 1.36. The number of carbonyl (C=O) groups excluding carboxylic acids is 1. The van der Waals surface area contributed by atoms with Gasteiger partial charge in [0.25, 0.3) is 0 Å². The van der Waals surface area contributed by atoms with Crippen LogP contribution in [0.25, 0.3) is 0 Å². The number of esters is 1. The molecule has 1 fully saturated rings. The van der Waals surface area contributed by atoms with Crippen LogP contribution >= 0.6 is 0 Å². The molecule has 6 heteroatoms. The van der Waals surface area contributed by atoms with Crippen molar-refractivity contribution in [2.45, 2.75) is 25.7 Å². The minimum Gasteiger partial charge on any atom is -0.465 e. The highest BCUT2D eigenvalue weighted by Crippen LogP contribution is 2.21. The third-order valence-corrected chi connectivity index (χ3v) is 4.16. The molecule has 1 saturated heterocycles. The zero-order valence-corrected chi connectivity index (χ0v) is 13.9. The SMILES string of the molecule is COC(=O)c1ccc(Nc2cc(N3CCCCCC3)ncn2)cc1. The van der Waals surface area contributed by atoms with Gasteiger partial charge in [-0.15, -0.1) is 0 Å². The number of hydrogen-bond acceptors (Lipinski definition) is 6. The van der Waals surface area contributed by atoms with Gasteiger partial charge in [-0.1, -0.05) is 12.8 Å². The third-order valence-electron chi connectivity index (χ3n) is 4.16. The first kappa shape index (κ1) is 16.2. The minimum absolute atomic E-state index is 0.341. The van der Waals surface area contributed by atoms with Crippen LogP contribution in [-0.4, -0.2) is 36.1 Å². The first-order valence-corrected chi connectivity index (χ1v) is 8.28. The van der Waals surface area contributed by atoms with Crippen molar-refractivity contribution in [3.05, 3.63) is 42.2 Å². The number of benzene rings is 1. The minimum atomic E-state index is -0.341. The second-order valence-corrected chi connectivity index (χ2v) is 5.86. The van der Waals surface area contributed by atoms with Crippen molar-refractivity contribution in [3.8, 4) is 0 Å². The van der Waals surface area contributed by atoms with Gasteiger partial charge in [0.15, 0.2) is 0 Å². The number of methoxy groups -OCH3 is 1. The van der Waals surface area contributed by atoms with Gasteiger partial charge >= 0.3 is 5.97 Å². The van der Waals surface area contributed by atoms with Gasteiger partial charge in [0.05, 0.1) is 12.7 Å². The van der Waals surface area contributed by atoms with Crippen LogP contribution < -0.4 is 10.2 Å². The van der Waals surface area contributed by atoms with E-state index in [-0.39, 0.29) is 5.97 Å². The van der Waals surface area contributed by atoms with E-state index in [4.69, 9.17) is 4.74 Å². The highest BCUT2D eigenvalue weighted by Gasteiger charge is 2.12. The lowest BCUT2D eigenvalue weighted by Gasteiger charge is -2.21. The second kappa shape index (κ2) is 7.77. The predicted molar refractivity (Wildman–Crippen MR) is 93.8 cm³/mol. The van der Waals surface area contributed by atoms with Crippen molar-refractivity contribution in [1.29, 1.82) is 0 Å². The summed E-state index contributed by atoms with van der Waals surface area (Å²) in [5, 5.41) is 3.25. The molecular formula is C18H22N4O2. The lowest BCUT2D eigenvalue weighted by Crippen LogP contribution is -2.25. The summed E-state index contributed by atoms with van der Waals surface area (Å²) in [7, 11) is 1.37. The van der Waals surface area contributed by atoms with Gasteiger partial charge in [-0.25, -0.2) is 14.8 Å². The Morgan fingerprint density at radius 1 is 1.08 bits per heavy atom. The molecule has 2 heterocycles. The smallest absolute Gasteiger partial charge is 0.337 e. The van der Waals surface area contributed by atoms with Crippen molar-refractivity contribution in [3.63, 3.8) is 0 Å². The van der Waals surface area contributed by atoms with Gasteiger partial charge in [0.1, 0.15) is 18.0 Å². The second-order valence-electron chi connectivity index (χ2n) is 5.86. The maximum atomic E-state index is 11.5. The van der Waals surface area contributed by atoms with E-state index in [9.17, 15) is 4.79 Å². The molecule has 6 nitrogen and oxygen atoms in total. The molecule has 24 heavy (non-hydrogen) atoms. The molecule has 0 atom stereocenters. The zero-order valence-electron chi connectivity index (χ0n) is 13.9. The normalized spacial score (nSPS) is 14.8. The third kappa shape index (κ3) is 4.01. The van der Waals surface area contributed by atoms with E-state index in [1.54, 1.807) is 18.5 Å². The van der Waals surface area contributed by atoms with Crippen molar-refractivity contribution in [2.24, 2.45) is 0 Å². The van der Waals surface area contributed by atoms with Gasteiger partial charge in [0.2, 0.25) is 0 Å². The molecule has 0 radical (unpaired) electrons. The maximum Gasteiger partial charge on any atom is 0.337 e. The van der Waals surface area contributed by atoms with E-state index in [0.717, 1.165) is 30.4 Å². The summed E-state index contributed by atoms with van der Waals surface area (Å²) < 4.78 is 4.70. The highest BCUT2D eigenvalue weighted by molar-refractivity contribution is 5.89. The van der Waals surface area contributed by atoms with E-state index in [0.29, 0.717) is 5.56 Å². The Hall–Kier alpha value is -2.63. The van der Waals surface area contributed by atoms with E-state index < -0.39 is 0 Å². The molecule has 1 N–H and O–H groups in total. The Balaban J connectivity index is 1.71. The van der Waals surface area contributed by atoms with Gasteiger partial charge in [0, 0.05) is 24.8 Å². The lowest BCUT2D eigenvalue weighted by molar-refractivity contribution is 0.0601. The largest absolute Gasteiger partial charge is 0.465 e. The van der Waals surface area contributed by atoms with Crippen molar-refractivity contribution in [1.82, 2.24) is 9.97 Å². The number of ether oxygens (including phenoxy) is 1. The Labute approximate surface area is 141 Å². The zero-order chi connectivity index (χ0) is 16.8. The Kier molecular flexibility index (Phi) is 5.25. The van der Waals surface area contributed by atoms with Crippen LogP contribution in [0.5, 0.6) is 0 Å². The van der Waals surface area contributed by atoms with Gasteiger partial charge in [-0.3, -0.25) is 0 Å². The van der Waals surface area contributed by atoms with Crippen molar-refractivity contribution < 1.29 is 9.53 Å². The molecule has 1 aromatic heterocycles. The predicted octanol–water partition coefficient (Wildman–Crippen LogP) is 3.39. The van der Waals surface area contributed by atoms with Crippen LogP contribution in [0, 0.1) is 0 Å². The first-order chi connectivity index (χ1) is 11.8. The fourth-order valence-electron chi connectivity index (χ4n) is 2.84. The van der Waals surface area contributed by atoms with E-state index in [2.05, 4.69) is 20.2 Å². The molecule has 2 aromatic rings. The van der Waals surface area contributed by atoms with Crippen LogP contribution in [0.3, 0.4) is 0 Å². The highest BCUT2D eigenvalue weighted by atomic mass is 16.5. The van der Waals surface area contributed by atoms with E-state index in [1.165, 1.54) is 32.8 Å². The Bertz CT molecular complexity index is 680. The first-order valence-electron chi connectivity index (χ1n) is 8.28. The summed E-state index contributed by atoms with van der Waals surface area (Å²) in [6.07, 6.45) is 6.59. The molecule has 1 aromatic carbocycles. The van der Waals surface area contributed by atoms with Crippen molar-refractivity contribution in [2.75, 3.05) is 30.4 Å². The molecule has 1 aliphatic heterocycles. The Morgan fingerprint density at radius 2 is 1.79 bits per heavy atom. The molecule has 0 bridgehead atoms. The number of nitrogens with zero attached hydrogens (tertiary/aromatic N) is 3. The average Bonchev–Trinajstić information content (AvgIpc) is 2.91. The van der Waals surface area contributed by atoms with Crippen LogP contribution in [0.1, 0.15) is 36.0 Å². The summed E-state index contributed by atoms with van der Waals surface area (Å²) >= 11 is 0. The maximum absolute atomic E-state index is 11.5. The number of hydrogen-bond donors (Lipinski definition) is 1. The standard InChI is InChI=1S/C18H22N4O2/c1-24-18(23)14-6-8-15(9-7-14)21-16-12-17(20-13-19-16)22-10-4-2-3-5-11-22/h6-9,12-13H,2-5,10-11H2,1H3,(H,19,20,21). The van der Waals surface area contributed by atoms with Gasteiger partial charge < -0.3 is 15.0 Å². The summed E-state index contributed by atoms with van der Waals surface area (Å²) in [6.45, 7) is 2.09. The molecule has 3 rings (SSSR count). The topological polar surface area (TPSA) is 67.3 Å². The lowest BCUT2D eigenvalue weighted by atomic mass is 10.2. The molecular weight excluding hydrogens is 304 g/mol. The van der Waals surface area contributed by atoms with E-state index >= 15 is 0 Å². The number of aromatic nitrogens is 2. The molecule has 0 aliphatic carbocycles. The average molecular weight is 326 g/mol. The molecule has 0 saturated carbocycles. The molecule has 126 valence electrons. The van der Waals surface area contributed by atoms with Crippen LogP contribution in [0.15, 0.2) is 36.7 Å². The van der Waals surface area contributed by atoms with Crippen LogP contribution in [0.2, 0.25) is 0 Å². The number of nitrogens with one attached hydrogen (secondary N) is 1. The van der Waals surface area contributed by atoms with Crippen LogP contribution in [-0.2, 0) is 4.74 Å². The molecule has 1 aliphatic rings. The number of anilines is 3. The summed E-state index contributed by atoms with van der Waals surface area (Å²) in [5.41, 5.74) is 1.39. The summed E-state index contributed by atoms with van der Waals surface area (Å²) in [6, 6.07) is 9.09. The van der Waals surface area contributed by atoms with Crippen LogP contribution in [0.4, 0.5) is 17.3 Å². The van der Waals surface area contributed by atoms with Gasteiger partial charge in [-0.05, 0) is 37.1 Å². The van der Waals surface area contributed by atoms with E-state index in [1.807, 2.05) is 18.2 Å². The van der Waals surface area contributed by atoms with Gasteiger partial charge in [-0.2, -0.15) is 0 Å².